The summed E-state index contributed by atoms with van der Waals surface area (Å²) in [5.74, 6) is 0. The molecule has 1 aromatic heterocycles. The number of likely N-dealkylation sites (tertiary alicyclic amines) is 1. The normalized spacial score (nSPS) is 19.8. The quantitative estimate of drug-likeness (QED) is 0.826. The second kappa shape index (κ2) is 5.84. The Morgan fingerprint density at radius 2 is 1.62 bits per heavy atom. The molecule has 2 aliphatic rings. The van der Waals surface area contributed by atoms with Gasteiger partial charge in [-0.25, -0.2) is 0 Å². The van der Waals surface area contributed by atoms with E-state index in [9.17, 15) is 0 Å². The van der Waals surface area contributed by atoms with Crippen molar-refractivity contribution in [2.75, 3.05) is 19.6 Å². The number of piperidine rings is 1. The molecule has 0 unspecified atom stereocenters. The largest absolute Gasteiger partial charge is 0.343 e. The van der Waals surface area contributed by atoms with Gasteiger partial charge in [-0.2, -0.15) is 0 Å². The van der Waals surface area contributed by atoms with Crippen LogP contribution in [-0.4, -0.2) is 29.1 Å². The van der Waals surface area contributed by atoms with Gasteiger partial charge in [0, 0.05) is 29.7 Å². The van der Waals surface area contributed by atoms with Gasteiger partial charge in [0.25, 0.3) is 0 Å². The summed E-state index contributed by atoms with van der Waals surface area (Å²) in [4.78, 5) is 2.66. The summed E-state index contributed by atoms with van der Waals surface area (Å²) in [6, 6.07) is 9.05. The molecule has 4 rings (SSSR count). The minimum atomic E-state index is 1.18. The highest BCUT2D eigenvalue weighted by molar-refractivity contribution is 5.85. The molecule has 0 atom stereocenters. The number of rotatable bonds is 3. The lowest BCUT2D eigenvalue weighted by Gasteiger charge is -2.27. The van der Waals surface area contributed by atoms with E-state index in [1.807, 2.05) is 0 Å². The van der Waals surface area contributed by atoms with Crippen LogP contribution in [0, 0.1) is 0 Å². The number of benzene rings is 1. The molecule has 21 heavy (non-hydrogen) atoms. The molecule has 0 spiro atoms. The summed E-state index contributed by atoms with van der Waals surface area (Å²) in [5, 5.41) is 1.52. The van der Waals surface area contributed by atoms with E-state index in [1.54, 1.807) is 11.3 Å². The summed E-state index contributed by atoms with van der Waals surface area (Å²) in [5.41, 5.74) is 4.76. The van der Waals surface area contributed by atoms with Crippen molar-refractivity contribution in [2.45, 2.75) is 51.5 Å². The predicted octanol–water partition coefficient (Wildman–Crippen LogP) is 4.01. The number of hydrogen-bond donors (Lipinski definition) is 0. The van der Waals surface area contributed by atoms with Gasteiger partial charge >= 0.3 is 0 Å². The van der Waals surface area contributed by atoms with Crippen LogP contribution in [0.15, 0.2) is 24.3 Å². The van der Waals surface area contributed by atoms with Gasteiger partial charge in [0.15, 0.2) is 0 Å². The third kappa shape index (κ3) is 2.50. The number of aromatic nitrogens is 1. The first-order valence-corrected chi connectivity index (χ1v) is 8.75. The van der Waals surface area contributed by atoms with Crippen molar-refractivity contribution in [1.82, 2.24) is 9.47 Å². The first kappa shape index (κ1) is 13.4. The van der Waals surface area contributed by atoms with Gasteiger partial charge in [-0.15, -0.1) is 0 Å². The molecule has 1 aliphatic heterocycles. The lowest BCUT2D eigenvalue weighted by atomic mass is 9.96. The summed E-state index contributed by atoms with van der Waals surface area (Å²) < 4.78 is 2.64. The van der Waals surface area contributed by atoms with E-state index in [0.717, 1.165) is 0 Å². The zero-order valence-corrected chi connectivity index (χ0v) is 13.0. The Labute approximate surface area is 127 Å². The van der Waals surface area contributed by atoms with Crippen molar-refractivity contribution in [3.05, 3.63) is 35.5 Å². The summed E-state index contributed by atoms with van der Waals surface area (Å²) in [6.07, 6.45) is 9.52. The van der Waals surface area contributed by atoms with Crippen LogP contribution in [0.1, 0.15) is 43.4 Å². The monoisotopic (exact) mass is 282 g/mol. The number of fused-ring (bicyclic) bond motifs is 3. The van der Waals surface area contributed by atoms with Crippen molar-refractivity contribution in [3.8, 4) is 0 Å². The number of nitrogens with zero attached hydrogens (tertiary/aromatic N) is 2. The standard InChI is InChI=1S/C19H26N2/c1-6-12-20(13-7-1)14-15-21-18-10-4-2-8-16(18)17-9-3-5-11-19(17)21/h2,4,8,10H,1,3,5-7,9,11-15H2. The summed E-state index contributed by atoms with van der Waals surface area (Å²) in [6.45, 7) is 5.02. The Morgan fingerprint density at radius 3 is 2.52 bits per heavy atom. The topological polar surface area (TPSA) is 8.17 Å². The molecule has 1 aliphatic carbocycles. The van der Waals surface area contributed by atoms with Crippen molar-refractivity contribution >= 4 is 10.9 Å². The molecular formula is C19H26N2. The maximum Gasteiger partial charge on any atom is 0.0485 e. The molecule has 1 aromatic carbocycles. The minimum absolute atomic E-state index is 1.18. The fourth-order valence-corrected chi connectivity index (χ4v) is 4.27. The molecule has 112 valence electrons. The average molecular weight is 282 g/mol. The molecule has 2 nitrogen and oxygen atoms in total. The lowest BCUT2D eigenvalue weighted by Crippen LogP contribution is -2.32. The fraction of sp³-hybridized carbons (Fsp3) is 0.579. The van der Waals surface area contributed by atoms with E-state index < -0.39 is 0 Å². The maximum absolute atomic E-state index is 2.66. The van der Waals surface area contributed by atoms with E-state index in [0.29, 0.717) is 0 Å². The predicted molar refractivity (Wildman–Crippen MR) is 88.9 cm³/mol. The number of para-hydroxylation sites is 1. The third-order valence-electron chi connectivity index (χ3n) is 5.37. The van der Waals surface area contributed by atoms with Crippen LogP contribution in [0.25, 0.3) is 10.9 Å². The molecule has 0 radical (unpaired) electrons. The van der Waals surface area contributed by atoms with Crippen LogP contribution >= 0.6 is 0 Å². The van der Waals surface area contributed by atoms with Gasteiger partial charge in [0.05, 0.1) is 0 Å². The van der Waals surface area contributed by atoms with Crippen LogP contribution in [0.2, 0.25) is 0 Å². The van der Waals surface area contributed by atoms with Gasteiger partial charge in [-0.1, -0.05) is 24.6 Å². The Morgan fingerprint density at radius 1 is 0.810 bits per heavy atom. The Bertz CT molecular complexity index is 620. The molecule has 0 bridgehead atoms. The Kier molecular flexibility index (Phi) is 3.72. The average Bonchev–Trinajstić information content (AvgIpc) is 2.88. The summed E-state index contributed by atoms with van der Waals surface area (Å²) >= 11 is 0. The maximum atomic E-state index is 2.66. The van der Waals surface area contributed by atoms with Gasteiger partial charge in [-0.05, 0) is 63.2 Å². The third-order valence-corrected chi connectivity index (χ3v) is 5.37. The lowest BCUT2D eigenvalue weighted by molar-refractivity contribution is 0.221. The van der Waals surface area contributed by atoms with E-state index in [4.69, 9.17) is 0 Å². The fourth-order valence-electron chi connectivity index (χ4n) is 4.27. The highest BCUT2D eigenvalue weighted by Gasteiger charge is 2.20. The molecule has 1 saturated heterocycles. The van der Waals surface area contributed by atoms with Crippen molar-refractivity contribution in [1.29, 1.82) is 0 Å². The van der Waals surface area contributed by atoms with E-state index in [-0.39, 0.29) is 0 Å². The molecular weight excluding hydrogens is 256 g/mol. The van der Waals surface area contributed by atoms with Crippen molar-refractivity contribution in [3.63, 3.8) is 0 Å². The zero-order chi connectivity index (χ0) is 14.1. The number of hydrogen-bond acceptors (Lipinski definition) is 1. The smallest absolute Gasteiger partial charge is 0.0485 e. The van der Waals surface area contributed by atoms with Crippen LogP contribution in [0.5, 0.6) is 0 Å². The van der Waals surface area contributed by atoms with Crippen LogP contribution in [0.4, 0.5) is 0 Å². The van der Waals surface area contributed by atoms with Crippen molar-refractivity contribution in [2.24, 2.45) is 0 Å². The van der Waals surface area contributed by atoms with Gasteiger partial charge < -0.3 is 9.47 Å². The van der Waals surface area contributed by atoms with E-state index >= 15 is 0 Å². The van der Waals surface area contributed by atoms with Crippen LogP contribution in [0.3, 0.4) is 0 Å². The zero-order valence-electron chi connectivity index (χ0n) is 13.0. The second-order valence-corrected chi connectivity index (χ2v) is 6.70. The molecule has 0 saturated carbocycles. The van der Waals surface area contributed by atoms with Crippen LogP contribution < -0.4 is 0 Å². The molecule has 2 aromatic rings. The highest BCUT2D eigenvalue weighted by atomic mass is 15.2. The van der Waals surface area contributed by atoms with Crippen molar-refractivity contribution < 1.29 is 0 Å². The van der Waals surface area contributed by atoms with E-state index in [1.165, 1.54) is 82.0 Å². The number of aryl methyl sites for hydroxylation is 1. The second-order valence-electron chi connectivity index (χ2n) is 6.70. The molecule has 2 heteroatoms. The van der Waals surface area contributed by atoms with E-state index in [2.05, 4.69) is 33.7 Å². The summed E-state index contributed by atoms with van der Waals surface area (Å²) in [7, 11) is 0. The molecule has 0 N–H and O–H groups in total. The Balaban J connectivity index is 1.64. The van der Waals surface area contributed by atoms with Crippen LogP contribution in [-0.2, 0) is 19.4 Å². The van der Waals surface area contributed by atoms with Gasteiger partial charge in [0.2, 0.25) is 0 Å². The SMILES string of the molecule is c1ccc2c(c1)c1c(n2CCN2CCCCC2)CCCC1. The Hall–Kier alpha value is -1.28. The molecule has 0 amide bonds. The first-order valence-electron chi connectivity index (χ1n) is 8.75. The molecule has 1 fully saturated rings. The minimum Gasteiger partial charge on any atom is -0.343 e. The van der Waals surface area contributed by atoms with Gasteiger partial charge in [0.1, 0.15) is 0 Å². The van der Waals surface area contributed by atoms with Gasteiger partial charge in [-0.3, -0.25) is 0 Å². The highest BCUT2D eigenvalue weighted by Crippen LogP contribution is 2.32. The first-order chi connectivity index (χ1) is 10.4. The molecule has 2 heterocycles.